The minimum absolute atomic E-state index is 0.0494. The Bertz CT molecular complexity index is 852. The van der Waals surface area contributed by atoms with Crippen molar-refractivity contribution in [2.45, 2.75) is 4.90 Å². The molecule has 0 aliphatic carbocycles. The summed E-state index contributed by atoms with van der Waals surface area (Å²) in [5.74, 6) is -0.584. The van der Waals surface area contributed by atoms with E-state index >= 15 is 0 Å². The predicted octanol–water partition coefficient (Wildman–Crippen LogP) is 1.96. The molecule has 0 radical (unpaired) electrons. The zero-order valence-electron chi connectivity index (χ0n) is 11.2. The molecule has 0 saturated carbocycles. The normalized spacial score (nSPS) is 13.8. The van der Waals surface area contributed by atoms with Crippen LogP contribution in [0.5, 0.6) is 5.75 Å². The minimum Gasteiger partial charge on any atom is -0.482 e. The molecule has 1 aliphatic rings. The molecular weight excluding hydrogens is 311 g/mol. The molecule has 1 aliphatic heterocycles. The fourth-order valence-electron chi connectivity index (χ4n) is 1.99. The number of hydrogen-bond acceptors (Lipinski definition) is 4. The van der Waals surface area contributed by atoms with Gasteiger partial charge in [-0.3, -0.25) is 9.52 Å². The highest BCUT2D eigenvalue weighted by Gasteiger charge is 2.21. The molecule has 2 N–H and O–H groups in total. The van der Waals surface area contributed by atoms with E-state index in [1.54, 1.807) is 0 Å². The molecule has 3 rings (SSSR count). The lowest BCUT2D eigenvalue weighted by atomic mass is 10.2. The van der Waals surface area contributed by atoms with E-state index in [1.165, 1.54) is 36.4 Å². The van der Waals surface area contributed by atoms with Gasteiger partial charge in [0.05, 0.1) is 16.3 Å². The van der Waals surface area contributed by atoms with E-state index in [0.717, 1.165) is 6.07 Å². The molecule has 2 aromatic carbocycles. The number of ether oxygens (including phenoxy) is 1. The maximum Gasteiger partial charge on any atom is 0.262 e. The third-order valence-corrected chi connectivity index (χ3v) is 4.35. The van der Waals surface area contributed by atoms with Gasteiger partial charge in [0.25, 0.3) is 15.9 Å². The van der Waals surface area contributed by atoms with E-state index in [0.29, 0.717) is 5.69 Å². The summed E-state index contributed by atoms with van der Waals surface area (Å²) < 4.78 is 45.1. The molecule has 0 atom stereocenters. The second-order valence-electron chi connectivity index (χ2n) is 4.61. The third kappa shape index (κ3) is 2.86. The van der Waals surface area contributed by atoms with Crippen LogP contribution in [0.2, 0.25) is 0 Å². The van der Waals surface area contributed by atoms with Crippen LogP contribution in [0.1, 0.15) is 0 Å². The zero-order chi connectivity index (χ0) is 15.7. The van der Waals surface area contributed by atoms with Crippen molar-refractivity contribution in [2.75, 3.05) is 16.6 Å². The number of rotatable bonds is 3. The van der Waals surface area contributed by atoms with E-state index in [1.807, 2.05) is 0 Å². The summed E-state index contributed by atoms with van der Waals surface area (Å²) in [6, 6.07) is 9.20. The highest BCUT2D eigenvalue weighted by molar-refractivity contribution is 7.92. The lowest BCUT2D eigenvalue weighted by molar-refractivity contribution is -0.118. The van der Waals surface area contributed by atoms with Crippen LogP contribution < -0.4 is 14.8 Å². The maximum atomic E-state index is 13.1. The van der Waals surface area contributed by atoms with Crippen molar-refractivity contribution in [2.24, 2.45) is 0 Å². The van der Waals surface area contributed by atoms with Gasteiger partial charge in [0, 0.05) is 6.07 Å². The molecule has 1 heterocycles. The van der Waals surface area contributed by atoms with E-state index in [2.05, 4.69) is 10.0 Å². The highest BCUT2D eigenvalue weighted by atomic mass is 32.2. The molecule has 22 heavy (non-hydrogen) atoms. The van der Waals surface area contributed by atoms with Crippen LogP contribution in [-0.2, 0) is 14.8 Å². The van der Waals surface area contributed by atoms with Crippen molar-refractivity contribution in [1.82, 2.24) is 0 Å². The molecule has 8 heteroatoms. The fourth-order valence-corrected chi connectivity index (χ4v) is 3.05. The summed E-state index contributed by atoms with van der Waals surface area (Å²) in [6.07, 6.45) is 0. The van der Waals surface area contributed by atoms with Crippen LogP contribution in [0, 0.1) is 5.82 Å². The summed E-state index contributed by atoms with van der Waals surface area (Å²) in [4.78, 5) is 11.1. The van der Waals surface area contributed by atoms with Crippen LogP contribution >= 0.6 is 0 Å². The average molecular weight is 322 g/mol. The Hall–Kier alpha value is -2.61. The largest absolute Gasteiger partial charge is 0.482 e. The van der Waals surface area contributed by atoms with Gasteiger partial charge >= 0.3 is 0 Å². The van der Waals surface area contributed by atoms with Gasteiger partial charge in [-0.15, -0.1) is 0 Å². The van der Waals surface area contributed by atoms with Crippen molar-refractivity contribution in [3.63, 3.8) is 0 Å². The summed E-state index contributed by atoms with van der Waals surface area (Å²) >= 11 is 0. The van der Waals surface area contributed by atoms with Gasteiger partial charge in [0.2, 0.25) is 0 Å². The summed E-state index contributed by atoms with van der Waals surface area (Å²) in [5.41, 5.74) is 0.521. The number of nitrogens with one attached hydrogen (secondary N) is 2. The van der Waals surface area contributed by atoms with Crippen LogP contribution in [0.4, 0.5) is 15.8 Å². The summed E-state index contributed by atoms with van der Waals surface area (Å²) in [5, 5.41) is 2.57. The number of sulfonamides is 1. The van der Waals surface area contributed by atoms with E-state index in [-0.39, 0.29) is 28.8 Å². The van der Waals surface area contributed by atoms with Crippen molar-refractivity contribution in [1.29, 1.82) is 0 Å². The van der Waals surface area contributed by atoms with Crippen molar-refractivity contribution in [3.05, 3.63) is 48.3 Å². The first-order valence-corrected chi connectivity index (χ1v) is 7.77. The van der Waals surface area contributed by atoms with Gasteiger partial charge in [0.1, 0.15) is 11.6 Å². The molecule has 0 saturated heterocycles. The van der Waals surface area contributed by atoms with Gasteiger partial charge in [-0.25, -0.2) is 12.8 Å². The SMILES string of the molecule is O=C1COc2cc(S(=O)(=O)Nc3cccc(F)c3)ccc2N1. The summed E-state index contributed by atoms with van der Waals surface area (Å²) in [7, 11) is -3.89. The first-order chi connectivity index (χ1) is 10.4. The average Bonchev–Trinajstić information content (AvgIpc) is 2.46. The highest BCUT2D eigenvalue weighted by Crippen LogP contribution is 2.30. The number of hydrogen-bond donors (Lipinski definition) is 2. The molecule has 0 fully saturated rings. The van der Waals surface area contributed by atoms with Gasteiger partial charge in [-0.05, 0) is 30.3 Å². The number of anilines is 2. The van der Waals surface area contributed by atoms with Crippen molar-refractivity contribution in [3.8, 4) is 5.75 Å². The van der Waals surface area contributed by atoms with Crippen LogP contribution in [-0.4, -0.2) is 20.9 Å². The van der Waals surface area contributed by atoms with E-state index in [9.17, 15) is 17.6 Å². The van der Waals surface area contributed by atoms with Gasteiger partial charge in [0.15, 0.2) is 6.61 Å². The Morgan fingerprint density at radius 3 is 2.77 bits per heavy atom. The Labute approximate surface area is 126 Å². The zero-order valence-corrected chi connectivity index (χ0v) is 12.0. The van der Waals surface area contributed by atoms with Crippen LogP contribution in [0.25, 0.3) is 0 Å². The molecule has 1 amide bonds. The second-order valence-corrected chi connectivity index (χ2v) is 6.29. The maximum absolute atomic E-state index is 13.1. The number of halogens is 1. The van der Waals surface area contributed by atoms with E-state index in [4.69, 9.17) is 4.74 Å². The lowest BCUT2D eigenvalue weighted by Crippen LogP contribution is -2.25. The molecule has 0 spiro atoms. The smallest absolute Gasteiger partial charge is 0.262 e. The van der Waals surface area contributed by atoms with Crippen molar-refractivity contribution < 1.29 is 22.3 Å². The van der Waals surface area contributed by atoms with Crippen LogP contribution in [0.3, 0.4) is 0 Å². The monoisotopic (exact) mass is 322 g/mol. The minimum atomic E-state index is -3.89. The van der Waals surface area contributed by atoms with Gasteiger partial charge in [-0.1, -0.05) is 6.07 Å². The Kier molecular flexibility index (Phi) is 3.45. The number of carbonyl (C=O) groups excluding carboxylic acids is 1. The molecule has 0 unspecified atom stereocenters. The first-order valence-electron chi connectivity index (χ1n) is 6.29. The van der Waals surface area contributed by atoms with Crippen molar-refractivity contribution >= 4 is 27.3 Å². The Morgan fingerprint density at radius 1 is 1.18 bits per heavy atom. The predicted molar refractivity (Wildman–Crippen MR) is 77.8 cm³/mol. The lowest BCUT2D eigenvalue weighted by Gasteiger charge is -2.18. The molecule has 114 valence electrons. The van der Waals surface area contributed by atoms with Gasteiger partial charge < -0.3 is 10.1 Å². The summed E-state index contributed by atoms with van der Waals surface area (Å²) in [6.45, 7) is -0.173. The molecule has 6 nitrogen and oxygen atoms in total. The third-order valence-electron chi connectivity index (χ3n) is 2.97. The standard InChI is InChI=1S/C14H11FN2O4S/c15-9-2-1-3-10(6-9)17-22(19,20)11-4-5-12-13(7-11)21-8-14(18)16-12/h1-7,17H,8H2,(H,16,18). The fraction of sp³-hybridized carbons (Fsp3) is 0.0714. The number of fused-ring (bicyclic) bond motifs is 1. The molecule has 0 aromatic heterocycles. The number of carbonyl (C=O) groups is 1. The van der Waals surface area contributed by atoms with Crippen LogP contribution in [0.15, 0.2) is 47.4 Å². The Balaban J connectivity index is 1.91. The van der Waals surface area contributed by atoms with E-state index < -0.39 is 15.8 Å². The molecular formula is C14H11FN2O4S. The topological polar surface area (TPSA) is 84.5 Å². The second kappa shape index (κ2) is 5.30. The van der Waals surface area contributed by atoms with Gasteiger partial charge in [-0.2, -0.15) is 0 Å². The number of benzene rings is 2. The quantitative estimate of drug-likeness (QED) is 0.904. The first kappa shape index (κ1) is 14.3. The number of amides is 1. The molecule has 2 aromatic rings. The molecule has 0 bridgehead atoms. The Morgan fingerprint density at radius 2 is 2.00 bits per heavy atom.